The Hall–Kier alpha value is -1.38. The Morgan fingerprint density at radius 1 is 1.06 bits per heavy atom. The van der Waals surface area contributed by atoms with Crippen molar-refractivity contribution in [2.24, 2.45) is 0 Å². The highest BCUT2D eigenvalue weighted by atomic mass is 15.1. The summed E-state index contributed by atoms with van der Waals surface area (Å²) in [6.07, 6.45) is 0. The predicted molar refractivity (Wildman–Crippen MR) is 67.4 cm³/mol. The van der Waals surface area contributed by atoms with Crippen molar-refractivity contribution in [3.05, 3.63) is 48.0 Å². The highest BCUT2D eigenvalue weighted by Crippen LogP contribution is 2.18. The Morgan fingerprint density at radius 2 is 1.88 bits per heavy atom. The van der Waals surface area contributed by atoms with Crippen LogP contribution in [0.4, 0.5) is 0 Å². The maximum absolute atomic E-state index is 3.57. The summed E-state index contributed by atoms with van der Waals surface area (Å²) in [5, 5.41) is 9.53. The highest BCUT2D eigenvalue weighted by molar-refractivity contribution is 5.85. The molecule has 0 amide bonds. The van der Waals surface area contributed by atoms with Crippen molar-refractivity contribution < 1.29 is 0 Å². The zero-order chi connectivity index (χ0) is 10.8. The molecule has 0 spiro atoms. The third-order valence-corrected chi connectivity index (χ3v) is 3.24. The van der Waals surface area contributed by atoms with E-state index in [2.05, 4.69) is 53.1 Å². The molecule has 2 heteroatoms. The molecule has 0 aromatic heterocycles. The van der Waals surface area contributed by atoms with Gasteiger partial charge in [-0.1, -0.05) is 42.5 Å². The molecule has 0 bridgehead atoms. The second-order valence-corrected chi connectivity index (χ2v) is 4.37. The summed E-state index contributed by atoms with van der Waals surface area (Å²) >= 11 is 0. The van der Waals surface area contributed by atoms with Gasteiger partial charge in [0.1, 0.15) is 0 Å². The number of hydrogen-bond acceptors (Lipinski definition) is 2. The van der Waals surface area contributed by atoms with Gasteiger partial charge in [0.05, 0.1) is 0 Å². The molecule has 0 unspecified atom stereocenters. The number of hydrogen-bond donors (Lipinski definition) is 2. The van der Waals surface area contributed by atoms with E-state index in [9.17, 15) is 0 Å². The van der Waals surface area contributed by atoms with Crippen LogP contribution in [0.15, 0.2) is 42.5 Å². The van der Waals surface area contributed by atoms with Gasteiger partial charge in [0.15, 0.2) is 0 Å². The van der Waals surface area contributed by atoms with Gasteiger partial charge in [0.25, 0.3) is 0 Å². The van der Waals surface area contributed by atoms with Crippen LogP contribution in [0.2, 0.25) is 0 Å². The molecular weight excluding hydrogens is 196 g/mol. The monoisotopic (exact) mass is 212 g/mol. The van der Waals surface area contributed by atoms with Gasteiger partial charge in [-0.25, -0.2) is 0 Å². The SMILES string of the molecule is c1ccc2c(CNC3CNC3)cccc2c1. The summed E-state index contributed by atoms with van der Waals surface area (Å²) in [4.78, 5) is 0. The van der Waals surface area contributed by atoms with Crippen molar-refractivity contribution >= 4 is 10.8 Å². The fourth-order valence-corrected chi connectivity index (χ4v) is 2.13. The lowest BCUT2D eigenvalue weighted by Gasteiger charge is -2.28. The number of fused-ring (bicyclic) bond motifs is 1. The van der Waals surface area contributed by atoms with Crippen LogP contribution in [0.1, 0.15) is 5.56 Å². The van der Waals surface area contributed by atoms with E-state index in [1.807, 2.05) is 0 Å². The van der Waals surface area contributed by atoms with Crippen LogP contribution in [0.25, 0.3) is 10.8 Å². The van der Waals surface area contributed by atoms with Gasteiger partial charge in [-0.15, -0.1) is 0 Å². The van der Waals surface area contributed by atoms with Gasteiger partial charge >= 0.3 is 0 Å². The molecule has 82 valence electrons. The van der Waals surface area contributed by atoms with Crippen molar-refractivity contribution in [3.8, 4) is 0 Å². The second-order valence-electron chi connectivity index (χ2n) is 4.37. The van der Waals surface area contributed by atoms with Crippen LogP contribution in [0, 0.1) is 0 Å². The molecule has 2 nitrogen and oxygen atoms in total. The van der Waals surface area contributed by atoms with Crippen LogP contribution in [-0.4, -0.2) is 19.1 Å². The number of benzene rings is 2. The Morgan fingerprint density at radius 3 is 2.69 bits per heavy atom. The first-order chi connectivity index (χ1) is 7.93. The fourth-order valence-electron chi connectivity index (χ4n) is 2.13. The van der Waals surface area contributed by atoms with Crippen molar-refractivity contribution in [1.82, 2.24) is 10.6 Å². The fraction of sp³-hybridized carbons (Fsp3) is 0.286. The molecule has 0 aliphatic carbocycles. The van der Waals surface area contributed by atoms with Gasteiger partial charge in [-0.2, -0.15) is 0 Å². The topological polar surface area (TPSA) is 24.1 Å². The Labute approximate surface area is 95.7 Å². The smallest absolute Gasteiger partial charge is 0.0320 e. The van der Waals surface area contributed by atoms with E-state index < -0.39 is 0 Å². The molecule has 1 aliphatic heterocycles. The van der Waals surface area contributed by atoms with E-state index in [0.29, 0.717) is 6.04 Å². The maximum Gasteiger partial charge on any atom is 0.0320 e. The molecule has 2 N–H and O–H groups in total. The average Bonchev–Trinajstić information content (AvgIpc) is 2.27. The van der Waals surface area contributed by atoms with Crippen molar-refractivity contribution in [2.45, 2.75) is 12.6 Å². The summed E-state index contributed by atoms with van der Waals surface area (Å²) < 4.78 is 0. The highest BCUT2D eigenvalue weighted by Gasteiger charge is 2.15. The lowest BCUT2D eigenvalue weighted by atomic mass is 10.0. The molecule has 1 saturated heterocycles. The second kappa shape index (κ2) is 4.24. The quantitative estimate of drug-likeness (QED) is 0.812. The van der Waals surface area contributed by atoms with Crippen molar-refractivity contribution in [2.75, 3.05) is 13.1 Å². The lowest BCUT2D eigenvalue weighted by Crippen LogP contribution is -2.54. The molecule has 1 aliphatic rings. The van der Waals surface area contributed by atoms with E-state index in [4.69, 9.17) is 0 Å². The molecule has 0 atom stereocenters. The minimum Gasteiger partial charge on any atom is -0.314 e. The largest absolute Gasteiger partial charge is 0.314 e. The summed E-state index contributed by atoms with van der Waals surface area (Å²) in [6, 6.07) is 15.7. The molecule has 2 aromatic carbocycles. The molecular formula is C14H16N2. The lowest BCUT2D eigenvalue weighted by molar-refractivity contribution is 0.366. The van der Waals surface area contributed by atoms with Gasteiger partial charge in [0, 0.05) is 25.7 Å². The minimum absolute atomic E-state index is 0.652. The van der Waals surface area contributed by atoms with Gasteiger partial charge < -0.3 is 10.6 Å². The normalized spacial score (nSPS) is 16.2. The van der Waals surface area contributed by atoms with Crippen LogP contribution < -0.4 is 10.6 Å². The Balaban J connectivity index is 1.84. The zero-order valence-electron chi connectivity index (χ0n) is 9.24. The van der Waals surface area contributed by atoms with Gasteiger partial charge in [-0.3, -0.25) is 0 Å². The van der Waals surface area contributed by atoms with Crippen molar-refractivity contribution in [3.63, 3.8) is 0 Å². The van der Waals surface area contributed by atoms with Crippen LogP contribution in [0.5, 0.6) is 0 Å². The predicted octanol–water partition coefficient (Wildman–Crippen LogP) is 1.90. The first kappa shape index (κ1) is 9.82. The third kappa shape index (κ3) is 1.82. The molecule has 3 rings (SSSR count). The van der Waals surface area contributed by atoms with E-state index in [1.54, 1.807) is 0 Å². The molecule has 0 radical (unpaired) electrons. The number of nitrogens with one attached hydrogen (secondary N) is 2. The first-order valence-electron chi connectivity index (χ1n) is 5.84. The average molecular weight is 212 g/mol. The molecule has 16 heavy (non-hydrogen) atoms. The summed E-state index contributed by atoms with van der Waals surface area (Å²) in [5.41, 5.74) is 1.39. The van der Waals surface area contributed by atoms with Crippen LogP contribution in [-0.2, 0) is 6.54 Å². The maximum atomic E-state index is 3.57. The van der Waals surface area contributed by atoms with E-state index in [1.165, 1.54) is 16.3 Å². The summed E-state index contributed by atoms with van der Waals surface area (Å²) in [6.45, 7) is 3.17. The first-order valence-corrected chi connectivity index (χ1v) is 5.84. The van der Waals surface area contributed by atoms with Crippen LogP contribution >= 0.6 is 0 Å². The van der Waals surface area contributed by atoms with Gasteiger partial charge in [-0.05, 0) is 16.3 Å². The van der Waals surface area contributed by atoms with E-state index in [-0.39, 0.29) is 0 Å². The third-order valence-electron chi connectivity index (χ3n) is 3.24. The van der Waals surface area contributed by atoms with Gasteiger partial charge in [0.2, 0.25) is 0 Å². The molecule has 1 fully saturated rings. The van der Waals surface area contributed by atoms with E-state index >= 15 is 0 Å². The number of rotatable bonds is 3. The molecule has 1 heterocycles. The van der Waals surface area contributed by atoms with E-state index in [0.717, 1.165) is 19.6 Å². The van der Waals surface area contributed by atoms with Crippen LogP contribution in [0.3, 0.4) is 0 Å². The summed E-state index contributed by atoms with van der Waals surface area (Å²) in [7, 11) is 0. The molecule has 2 aromatic rings. The standard InChI is InChI=1S/C14H16N2/c1-2-7-14-11(4-1)5-3-6-12(14)8-16-13-9-15-10-13/h1-7,13,15-16H,8-10H2. The van der Waals surface area contributed by atoms with Crippen molar-refractivity contribution in [1.29, 1.82) is 0 Å². The Kier molecular flexibility index (Phi) is 2.60. The minimum atomic E-state index is 0.652. The zero-order valence-corrected chi connectivity index (χ0v) is 9.24. The molecule has 0 saturated carbocycles. The summed E-state index contributed by atoms with van der Waals surface area (Å²) in [5.74, 6) is 0. The Bertz CT molecular complexity index is 484.